The lowest BCUT2D eigenvalue weighted by molar-refractivity contribution is 0.131. The van der Waals surface area contributed by atoms with Gasteiger partial charge in [-0.3, -0.25) is 0 Å². The zero-order chi connectivity index (χ0) is 12.8. The molecular formula is C15H13BrNO. The molecule has 91 valence electrons. The van der Waals surface area contributed by atoms with Crippen molar-refractivity contribution in [2.24, 2.45) is 5.16 Å². The van der Waals surface area contributed by atoms with Crippen molar-refractivity contribution >= 4 is 22.1 Å². The van der Waals surface area contributed by atoms with Crippen LogP contribution in [0.4, 0.5) is 0 Å². The molecule has 0 saturated carbocycles. The van der Waals surface area contributed by atoms with Crippen molar-refractivity contribution < 1.29 is 4.84 Å². The number of hydrogen-bond donors (Lipinski definition) is 0. The van der Waals surface area contributed by atoms with Crippen LogP contribution < -0.4 is 0 Å². The van der Waals surface area contributed by atoms with Gasteiger partial charge in [-0.2, -0.15) is 0 Å². The zero-order valence-electron chi connectivity index (χ0n) is 10.1. The van der Waals surface area contributed by atoms with Crippen LogP contribution in [-0.4, -0.2) is 6.21 Å². The molecule has 0 atom stereocenters. The van der Waals surface area contributed by atoms with Crippen LogP contribution in [0.5, 0.6) is 0 Å². The van der Waals surface area contributed by atoms with Crippen LogP contribution in [0.15, 0.2) is 58.2 Å². The lowest BCUT2D eigenvalue weighted by Crippen LogP contribution is -1.91. The third-order valence-corrected chi connectivity index (χ3v) is 3.28. The predicted molar refractivity (Wildman–Crippen MR) is 76.6 cm³/mol. The van der Waals surface area contributed by atoms with Gasteiger partial charge in [-0.25, -0.2) is 0 Å². The summed E-state index contributed by atoms with van der Waals surface area (Å²) in [6.45, 7) is 2.52. The van der Waals surface area contributed by atoms with E-state index in [2.05, 4.69) is 40.3 Å². The standard InChI is InChI=1S/C15H13BrNO/c1-12-6-2-3-8-14(12)11-18-17-10-13-7-4-5-9-15(13)16/h2-9H,11H2,1H3. The molecule has 2 nitrogen and oxygen atoms in total. The van der Waals surface area contributed by atoms with Crippen LogP contribution in [0.2, 0.25) is 0 Å². The van der Waals surface area contributed by atoms with Gasteiger partial charge in [0.2, 0.25) is 0 Å². The molecule has 18 heavy (non-hydrogen) atoms. The van der Waals surface area contributed by atoms with E-state index in [4.69, 9.17) is 4.84 Å². The van der Waals surface area contributed by atoms with Crippen LogP contribution in [-0.2, 0) is 11.4 Å². The van der Waals surface area contributed by atoms with Crippen molar-refractivity contribution in [2.45, 2.75) is 13.5 Å². The first-order valence-electron chi connectivity index (χ1n) is 5.64. The summed E-state index contributed by atoms with van der Waals surface area (Å²) in [5, 5.41) is 3.86. The maximum atomic E-state index is 5.25. The molecule has 2 aromatic carbocycles. The van der Waals surface area contributed by atoms with Gasteiger partial charge in [0.25, 0.3) is 0 Å². The van der Waals surface area contributed by atoms with Crippen molar-refractivity contribution in [3.05, 3.63) is 69.7 Å². The molecule has 2 rings (SSSR count). The predicted octanol–water partition coefficient (Wildman–Crippen LogP) is 4.19. The van der Waals surface area contributed by atoms with Gasteiger partial charge >= 0.3 is 0 Å². The van der Waals surface area contributed by atoms with Gasteiger partial charge in [0, 0.05) is 10.0 Å². The third kappa shape index (κ3) is 3.44. The molecule has 0 saturated heterocycles. The van der Waals surface area contributed by atoms with Crippen molar-refractivity contribution in [2.75, 3.05) is 0 Å². The fourth-order valence-electron chi connectivity index (χ4n) is 1.51. The summed E-state index contributed by atoms with van der Waals surface area (Å²) in [5.41, 5.74) is 3.21. The second-order valence-corrected chi connectivity index (χ2v) is 4.74. The Labute approximate surface area is 115 Å². The minimum Gasteiger partial charge on any atom is -0.390 e. The summed E-state index contributed by atoms with van der Waals surface area (Å²) in [6, 6.07) is 15.8. The Morgan fingerprint density at radius 2 is 1.83 bits per heavy atom. The van der Waals surface area contributed by atoms with E-state index < -0.39 is 0 Å². The number of benzene rings is 2. The van der Waals surface area contributed by atoms with Crippen LogP contribution in [0.1, 0.15) is 16.7 Å². The quantitative estimate of drug-likeness (QED) is 0.613. The van der Waals surface area contributed by atoms with Crippen LogP contribution in [0, 0.1) is 6.92 Å². The molecule has 1 radical (unpaired) electrons. The lowest BCUT2D eigenvalue weighted by Gasteiger charge is -2.03. The van der Waals surface area contributed by atoms with E-state index in [9.17, 15) is 0 Å². The van der Waals surface area contributed by atoms with Crippen molar-refractivity contribution in [3.63, 3.8) is 0 Å². The Morgan fingerprint density at radius 1 is 1.11 bits per heavy atom. The number of rotatable bonds is 4. The molecule has 2 aromatic rings. The Bertz CT molecular complexity index is 552. The summed E-state index contributed by atoms with van der Waals surface area (Å²) in [7, 11) is 0. The van der Waals surface area contributed by atoms with E-state index >= 15 is 0 Å². The van der Waals surface area contributed by atoms with E-state index in [-0.39, 0.29) is 0 Å². The first-order chi connectivity index (χ1) is 8.77. The minimum absolute atomic E-state index is 0.462. The summed E-state index contributed by atoms with van der Waals surface area (Å²) < 4.78 is 0.952. The highest BCUT2D eigenvalue weighted by molar-refractivity contribution is 9.10. The SMILES string of the molecule is Cc1ccccc1CO/N=[C]\c1ccccc1Br. The van der Waals surface area contributed by atoms with Gasteiger partial charge in [-0.05, 0) is 24.1 Å². The maximum Gasteiger partial charge on any atom is 0.142 e. The molecule has 3 heteroatoms. The molecular weight excluding hydrogens is 290 g/mol. The Balaban J connectivity index is 1.93. The van der Waals surface area contributed by atoms with Gasteiger partial charge < -0.3 is 4.84 Å². The van der Waals surface area contributed by atoms with E-state index in [0.29, 0.717) is 6.61 Å². The average molecular weight is 303 g/mol. The molecule has 0 aliphatic rings. The second-order valence-electron chi connectivity index (χ2n) is 3.88. The van der Waals surface area contributed by atoms with Gasteiger partial charge in [-0.1, -0.05) is 63.6 Å². The smallest absolute Gasteiger partial charge is 0.142 e. The van der Waals surface area contributed by atoms with Crippen molar-refractivity contribution in [1.29, 1.82) is 0 Å². The lowest BCUT2D eigenvalue weighted by atomic mass is 10.1. The molecule has 0 bridgehead atoms. The molecule has 0 N–H and O–H groups in total. The highest BCUT2D eigenvalue weighted by Gasteiger charge is 1.97. The normalized spacial score (nSPS) is 10.8. The van der Waals surface area contributed by atoms with E-state index in [0.717, 1.165) is 15.6 Å². The number of hydrogen-bond acceptors (Lipinski definition) is 2. The van der Waals surface area contributed by atoms with Gasteiger partial charge in [0.1, 0.15) is 12.8 Å². The molecule has 0 fully saturated rings. The number of halogens is 1. The van der Waals surface area contributed by atoms with Crippen molar-refractivity contribution in [3.8, 4) is 0 Å². The fraction of sp³-hybridized carbons (Fsp3) is 0.133. The van der Waals surface area contributed by atoms with E-state index in [1.807, 2.05) is 42.5 Å². The number of nitrogens with zero attached hydrogens (tertiary/aromatic N) is 1. The van der Waals surface area contributed by atoms with E-state index in [1.165, 1.54) is 5.56 Å². The van der Waals surface area contributed by atoms with Gasteiger partial charge in [0.15, 0.2) is 0 Å². The van der Waals surface area contributed by atoms with Crippen molar-refractivity contribution in [1.82, 2.24) is 0 Å². The monoisotopic (exact) mass is 302 g/mol. The van der Waals surface area contributed by atoms with E-state index in [1.54, 1.807) is 0 Å². The number of aryl methyl sites for hydroxylation is 1. The zero-order valence-corrected chi connectivity index (χ0v) is 11.6. The topological polar surface area (TPSA) is 21.6 Å². The van der Waals surface area contributed by atoms with Crippen LogP contribution in [0.3, 0.4) is 0 Å². The van der Waals surface area contributed by atoms with Gasteiger partial charge in [-0.15, -0.1) is 0 Å². The molecule has 0 unspecified atom stereocenters. The molecule has 0 spiro atoms. The summed E-state index contributed by atoms with van der Waals surface area (Å²) in [4.78, 5) is 5.25. The highest BCUT2D eigenvalue weighted by Crippen LogP contribution is 2.14. The van der Waals surface area contributed by atoms with Crippen LogP contribution in [0.25, 0.3) is 0 Å². The fourth-order valence-corrected chi connectivity index (χ4v) is 1.88. The largest absolute Gasteiger partial charge is 0.390 e. The summed E-state index contributed by atoms with van der Waals surface area (Å²) in [5.74, 6) is 0. The second kappa shape index (κ2) is 6.36. The molecule has 0 aromatic heterocycles. The first kappa shape index (κ1) is 12.8. The Kier molecular flexibility index (Phi) is 4.53. The molecule has 0 amide bonds. The third-order valence-electron chi connectivity index (χ3n) is 2.59. The highest BCUT2D eigenvalue weighted by atomic mass is 79.9. The van der Waals surface area contributed by atoms with Gasteiger partial charge in [0.05, 0.1) is 0 Å². The molecule has 0 aliphatic heterocycles. The maximum absolute atomic E-state index is 5.25. The molecule has 0 heterocycles. The summed E-state index contributed by atoms with van der Waals surface area (Å²) >= 11 is 3.43. The van der Waals surface area contributed by atoms with Crippen LogP contribution >= 0.6 is 15.9 Å². The first-order valence-corrected chi connectivity index (χ1v) is 6.44. The summed E-state index contributed by atoms with van der Waals surface area (Å²) in [6.07, 6.45) is 2.86. The average Bonchev–Trinajstić information content (AvgIpc) is 2.38. The Hall–Kier alpha value is -1.61. The Morgan fingerprint density at radius 3 is 2.61 bits per heavy atom. The minimum atomic E-state index is 0.462. The molecule has 0 aliphatic carbocycles.